The van der Waals surface area contributed by atoms with Gasteiger partial charge in [0.1, 0.15) is 11.8 Å². The number of hydrogen-bond donors (Lipinski definition) is 2. The number of carbonyl (C=O) groups excluding carboxylic acids is 1. The Morgan fingerprint density at radius 3 is 2.43 bits per heavy atom. The number of aliphatic hydroxyl groups excluding tert-OH is 2. The number of hydrogen-bond acceptors (Lipinski definition) is 4. The topological polar surface area (TPSA) is 70.4 Å². The number of rotatable bonds is 2. The lowest BCUT2D eigenvalue weighted by Crippen LogP contribution is -2.24. The Labute approximate surface area is 129 Å². The van der Waals surface area contributed by atoms with Crippen molar-refractivity contribution in [2.45, 2.75) is 18.4 Å². The van der Waals surface area contributed by atoms with Crippen LogP contribution in [-0.4, -0.2) is 21.0 Å². The highest BCUT2D eigenvalue weighted by atomic mass is 19.4. The zero-order valence-electron chi connectivity index (χ0n) is 11.7. The predicted octanol–water partition coefficient (Wildman–Crippen LogP) is 2.68. The molecule has 120 valence electrons. The lowest BCUT2D eigenvalue weighted by atomic mass is 9.93. The fraction of sp³-hybridized carbons (Fsp3) is 0.250. The van der Waals surface area contributed by atoms with Gasteiger partial charge in [-0.3, -0.25) is 4.79 Å². The van der Waals surface area contributed by atoms with Gasteiger partial charge in [-0.05, 0) is 17.7 Å². The van der Waals surface area contributed by atoms with E-state index in [2.05, 4.69) is 4.98 Å². The number of halogens is 3. The van der Waals surface area contributed by atoms with E-state index in [1.165, 1.54) is 12.1 Å². The van der Waals surface area contributed by atoms with Crippen molar-refractivity contribution in [2.24, 2.45) is 5.92 Å². The summed E-state index contributed by atoms with van der Waals surface area (Å²) in [6, 6.07) is 9.37. The zero-order valence-corrected chi connectivity index (χ0v) is 11.7. The second kappa shape index (κ2) is 5.43. The van der Waals surface area contributed by atoms with Gasteiger partial charge in [0.15, 0.2) is 5.78 Å². The highest BCUT2D eigenvalue weighted by Crippen LogP contribution is 2.42. The number of fused-ring (bicyclic) bond motifs is 1. The van der Waals surface area contributed by atoms with Crippen LogP contribution in [0.15, 0.2) is 42.5 Å². The van der Waals surface area contributed by atoms with Crippen LogP contribution in [0.4, 0.5) is 13.2 Å². The Kier molecular flexibility index (Phi) is 3.69. The van der Waals surface area contributed by atoms with E-state index in [0.717, 1.165) is 12.1 Å². The van der Waals surface area contributed by atoms with Crippen LogP contribution in [0.2, 0.25) is 0 Å². The quantitative estimate of drug-likeness (QED) is 0.891. The molecule has 1 aliphatic carbocycles. The van der Waals surface area contributed by atoms with Crippen molar-refractivity contribution < 1.29 is 28.2 Å². The van der Waals surface area contributed by atoms with Crippen LogP contribution in [0, 0.1) is 5.92 Å². The van der Waals surface area contributed by atoms with E-state index in [-0.39, 0.29) is 11.3 Å². The largest absolute Gasteiger partial charge is 0.433 e. The second-order valence-electron chi connectivity index (χ2n) is 5.31. The molecule has 0 amide bonds. The highest BCUT2D eigenvalue weighted by molar-refractivity contribution is 6.03. The summed E-state index contributed by atoms with van der Waals surface area (Å²) in [7, 11) is 0. The van der Waals surface area contributed by atoms with E-state index in [4.69, 9.17) is 0 Å². The van der Waals surface area contributed by atoms with Gasteiger partial charge in [-0.25, -0.2) is 4.98 Å². The Bertz CT molecular complexity index is 760. The summed E-state index contributed by atoms with van der Waals surface area (Å²) >= 11 is 0. The van der Waals surface area contributed by atoms with E-state index in [9.17, 15) is 28.2 Å². The Balaban J connectivity index is 1.96. The van der Waals surface area contributed by atoms with Crippen molar-refractivity contribution in [1.29, 1.82) is 0 Å². The summed E-state index contributed by atoms with van der Waals surface area (Å²) < 4.78 is 38.1. The molecule has 0 saturated heterocycles. The average molecular weight is 323 g/mol. The first-order valence-corrected chi connectivity index (χ1v) is 6.84. The third-order valence-electron chi connectivity index (χ3n) is 3.89. The number of alkyl halides is 3. The third-order valence-corrected chi connectivity index (χ3v) is 3.89. The standard InChI is InChI=1S/C16H12F3NO3/c17-16(18,19)11-7-3-6-10(20-11)15(23)12-13(21)8-4-1-2-5-9(8)14(12)22/h1-7,12-13,15,21,23H. The number of benzene rings is 1. The molecule has 0 radical (unpaired) electrons. The van der Waals surface area contributed by atoms with Gasteiger partial charge in [-0.2, -0.15) is 13.2 Å². The molecule has 0 bridgehead atoms. The Morgan fingerprint density at radius 2 is 1.78 bits per heavy atom. The van der Waals surface area contributed by atoms with Crippen LogP contribution in [-0.2, 0) is 6.18 Å². The normalized spacial score (nSPS) is 22.0. The summed E-state index contributed by atoms with van der Waals surface area (Å²) in [5.74, 6) is -1.79. The maximum atomic E-state index is 12.7. The predicted molar refractivity (Wildman–Crippen MR) is 73.4 cm³/mol. The number of aliphatic hydroxyl groups is 2. The minimum atomic E-state index is -4.66. The van der Waals surface area contributed by atoms with Crippen molar-refractivity contribution in [3.8, 4) is 0 Å². The van der Waals surface area contributed by atoms with E-state index in [1.54, 1.807) is 18.2 Å². The number of nitrogens with zero attached hydrogens (tertiary/aromatic N) is 1. The number of Topliss-reactive ketones (excluding diaryl/α,β-unsaturated/α-hetero) is 1. The number of carbonyl (C=O) groups is 1. The molecule has 3 atom stereocenters. The SMILES string of the molecule is O=C1c2ccccc2C(O)C1C(O)c1cccc(C(F)(F)F)n1. The fourth-order valence-electron chi connectivity index (χ4n) is 2.77. The summed E-state index contributed by atoms with van der Waals surface area (Å²) in [5.41, 5.74) is -0.846. The van der Waals surface area contributed by atoms with Crippen molar-refractivity contribution in [3.63, 3.8) is 0 Å². The number of pyridine rings is 1. The van der Waals surface area contributed by atoms with Gasteiger partial charge < -0.3 is 10.2 Å². The lowest BCUT2D eigenvalue weighted by molar-refractivity contribution is -0.141. The smallest absolute Gasteiger partial charge is 0.388 e. The second-order valence-corrected chi connectivity index (χ2v) is 5.31. The molecule has 3 rings (SSSR count). The molecular weight excluding hydrogens is 311 g/mol. The Hall–Kier alpha value is -2.25. The molecule has 7 heteroatoms. The summed E-state index contributed by atoms with van der Waals surface area (Å²) in [6.07, 6.45) is -7.57. The van der Waals surface area contributed by atoms with Gasteiger partial charge in [-0.1, -0.05) is 30.3 Å². The first-order valence-electron chi connectivity index (χ1n) is 6.84. The fourth-order valence-corrected chi connectivity index (χ4v) is 2.77. The third kappa shape index (κ3) is 2.62. The molecule has 23 heavy (non-hydrogen) atoms. The van der Waals surface area contributed by atoms with Gasteiger partial charge in [0, 0.05) is 5.56 Å². The molecule has 0 saturated carbocycles. The van der Waals surface area contributed by atoms with Crippen molar-refractivity contribution >= 4 is 5.78 Å². The van der Waals surface area contributed by atoms with Crippen LogP contribution < -0.4 is 0 Å². The number of ketones is 1. The minimum absolute atomic E-state index is 0.260. The maximum absolute atomic E-state index is 12.7. The van der Waals surface area contributed by atoms with Crippen LogP contribution in [0.25, 0.3) is 0 Å². The summed E-state index contributed by atoms with van der Waals surface area (Å²) in [5, 5.41) is 20.6. The van der Waals surface area contributed by atoms with E-state index < -0.39 is 35.8 Å². The summed E-state index contributed by atoms with van der Waals surface area (Å²) in [6.45, 7) is 0. The average Bonchev–Trinajstić information content (AvgIpc) is 2.78. The number of aromatic nitrogens is 1. The molecule has 1 heterocycles. The summed E-state index contributed by atoms with van der Waals surface area (Å²) in [4.78, 5) is 15.7. The lowest BCUT2D eigenvalue weighted by Gasteiger charge is -2.20. The molecule has 0 fully saturated rings. The zero-order chi connectivity index (χ0) is 16.8. The van der Waals surface area contributed by atoms with Crippen molar-refractivity contribution in [2.75, 3.05) is 0 Å². The minimum Gasteiger partial charge on any atom is -0.388 e. The van der Waals surface area contributed by atoms with Gasteiger partial charge >= 0.3 is 6.18 Å². The molecule has 1 aromatic carbocycles. The Morgan fingerprint density at radius 1 is 1.09 bits per heavy atom. The van der Waals surface area contributed by atoms with Crippen LogP contribution in [0.5, 0.6) is 0 Å². The highest BCUT2D eigenvalue weighted by Gasteiger charge is 2.44. The van der Waals surface area contributed by atoms with Crippen molar-refractivity contribution in [1.82, 2.24) is 4.98 Å². The molecule has 4 nitrogen and oxygen atoms in total. The molecule has 3 unspecified atom stereocenters. The molecule has 0 aliphatic heterocycles. The van der Waals surface area contributed by atoms with Gasteiger partial charge in [0.2, 0.25) is 0 Å². The molecule has 1 aliphatic rings. The maximum Gasteiger partial charge on any atom is 0.433 e. The first-order chi connectivity index (χ1) is 10.8. The van der Waals surface area contributed by atoms with Gasteiger partial charge in [-0.15, -0.1) is 0 Å². The van der Waals surface area contributed by atoms with Crippen LogP contribution >= 0.6 is 0 Å². The van der Waals surface area contributed by atoms with Crippen LogP contribution in [0.1, 0.15) is 39.5 Å². The molecular formula is C16H12F3NO3. The van der Waals surface area contributed by atoms with E-state index in [1.807, 2.05) is 0 Å². The molecule has 2 aromatic rings. The molecule has 1 aromatic heterocycles. The van der Waals surface area contributed by atoms with Gasteiger partial charge in [0.25, 0.3) is 0 Å². The first kappa shape index (κ1) is 15.6. The van der Waals surface area contributed by atoms with Crippen molar-refractivity contribution in [3.05, 3.63) is 65.0 Å². The monoisotopic (exact) mass is 323 g/mol. The molecule has 0 spiro atoms. The molecule has 2 N–H and O–H groups in total. The van der Waals surface area contributed by atoms with Crippen LogP contribution in [0.3, 0.4) is 0 Å². The van der Waals surface area contributed by atoms with E-state index >= 15 is 0 Å². The van der Waals surface area contributed by atoms with Gasteiger partial charge in [0.05, 0.1) is 17.7 Å². The van der Waals surface area contributed by atoms with E-state index in [0.29, 0.717) is 5.56 Å².